The first-order valence-electron chi connectivity index (χ1n) is 5.08. The number of esters is 1. The normalized spacial score (nSPS) is 12.5. The fourth-order valence-corrected chi connectivity index (χ4v) is 1.97. The van der Waals surface area contributed by atoms with Gasteiger partial charge in [0.2, 0.25) is 0 Å². The number of nitrogen functional groups attached to an aromatic ring is 1. The Kier molecular flexibility index (Phi) is 4.54. The van der Waals surface area contributed by atoms with Crippen molar-refractivity contribution in [2.24, 2.45) is 5.92 Å². The Bertz CT molecular complexity index is 352. The van der Waals surface area contributed by atoms with Crippen LogP contribution < -0.4 is 11.1 Å². The number of nitrogens with zero attached hydrogens (tertiary/aromatic N) is 1. The minimum atomic E-state index is -0.365. The second-order valence-corrected chi connectivity index (χ2v) is 4.98. The van der Waals surface area contributed by atoms with Gasteiger partial charge >= 0.3 is 5.97 Å². The number of rotatable bonds is 5. The van der Waals surface area contributed by atoms with Gasteiger partial charge in [-0.3, -0.25) is 0 Å². The Morgan fingerprint density at radius 3 is 2.81 bits per heavy atom. The maximum absolute atomic E-state index is 11.5. The lowest BCUT2D eigenvalue weighted by atomic mass is 10.0. The first kappa shape index (κ1) is 12.8. The van der Waals surface area contributed by atoms with Crippen LogP contribution in [0.4, 0.5) is 10.1 Å². The molecular formula is C10H17N3O2S. The molecule has 3 N–H and O–H groups in total. The van der Waals surface area contributed by atoms with Gasteiger partial charge < -0.3 is 15.8 Å². The highest BCUT2D eigenvalue weighted by atomic mass is 32.1. The molecule has 6 heteroatoms. The average molecular weight is 243 g/mol. The number of carbonyl (C=O) groups is 1. The van der Waals surface area contributed by atoms with Crippen LogP contribution in [0.15, 0.2) is 6.20 Å². The maximum atomic E-state index is 11.5. The van der Waals surface area contributed by atoms with E-state index in [1.54, 1.807) is 6.20 Å². The van der Waals surface area contributed by atoms with Crippen LogP contribution in [-0.4, -0.2) is 24.1 Å². The van der Waals surface area contributed by atoms with Crippen LogP contribution in [-0.2, 0) is 9.53 Å². The largest absolute Gasteiger partial charge is 0.467 e. The summed E-state index contributed by atoms with van der Waals surface area (Å²) in [5, 5.41) is 4.30. The van der Waals surface area contributed by atoms with Crippen molar-refractivity contribution in [3.63, 3.8) is 0 Å². The summed E-state index contributed by atoms with van der Waals surface area (Å²) in [5.74, 6) is 0.122. The van der Waals surface area contributed by atoms with Crippen LogP contribution in [0.3, 0.4) is 0 Å². The number of hydrogen-bond donors (Lipinski definition) is 2. The Labute approximate surface area is 99.0 Å². The fourth-order valence-electron chi connectivity index (χ4n) is 1.33. The van der Waals surface area contributed by atoms with E-state index in [0.717, 1.165) is 0 Å². The molecule has 1 aromatic rings. The SMILES string of the molecule is COC(=O)C(CC(C)C)Nc1ncc(N)s1. The smallest absolute Gasteiger partial charge is 0.328 e. The van der Waals surface area contributed by atoms with Crippen molar-refractivity contribution < 1.29 is 9.53 Å². The summed E-state index contributed by atoms with van der Waals surface area (Å²) in [5.41, 5.74) is 5.56. The highest BCUT2D eigenvalue weighted by Crippen LogP contribution is 2.22. The number of hydrogen-bond acceptors (Lipinski definition) is 6. The lowest BCUT2D eigenvalue weighted by Crippen LogP contribution is -2.31. The second-order valence-electron chi connectivity index (χ2n) is 3.92. The number of anilines is 2. The van der Waals surface area contributed by atoms with Crippen LogP contribution in [0.2, 0.25) is 0 Å². The molecule has 0 saturated carbocycles. The van der Waals surface area contributed by atoms with Crippen molar-refractivity contribution >= 4 is 27.4 Å². The van der Waals surface area contributed by atoms with Crippen LogP contribution in [0.25, 0.3) is 0 Å². The second kappa shape index (κ2) is 5.69. The molecule has 1 atom stereocenters. The third kappa shape index (κ3) is 3.69. The van der Waals surface area contributed by atoms with E-state index in [1.165, 1.54) is 18.4 Å². The number of nitrogens with two attached hydrogens (primary N) is 1. The number of nitrogens with one attached hydrogen (secondary N) is 1. The molecule has 0 fully saturated rings. The molecule has 0 aromatic carbocycles. The van der Waals surface area contributed by atoms with Gasteiger partial charge in [-0.05, 0) is 12.3 Å². The molecule has 0 radical (unpaired) electrons. The van der Waals surface area contributed by atoms with Crippen molar-refractivity contribution in [2.75, 3.05) is 18.2 Å². The molecule has 90 valence electrons. The summed E-state index contributed by atoms with van der Waals surface area (Å²) in [7, 11) is 1.38. The number of ether oxygens (including phenoxy) is 1. The molecule has 16 heavy (non-hydrogen) atoms. The summed E-state index contributed by atoms with van der Waals surface area (Å²) in [6.07, 6.45) is 2.27. The predicted octanol–water partition coefficient (Wildman–Crippen LogP) is 1.72. The lowest BCUT2D eigenvalue weighted by Gasteiger charge is -2.17. The third-order valence-corrected chi connectivity index (χ3v) is 2.77. The Morgan fingerprint density at radius 2 is 2.38 bits per heavy atom. The molecule has 0 aliphatic rings. The number of carbonyl (C=O) groups excluding carboxylic acids is 1. The van der Waals surface area contributed by atoms with Gasteiger partial charge in [-0.2, -0.15) is 0 Å². The summed E-state index contributed by atoms with van der Waals surface area (Å²) in [4.78, 5) is 15.6. The zero-order valence-electron chi connectivity index (χ0n) is 9.69. The highest BCUT2D eigenvalue weighted by molar-refractivity contribution is 7.19. The fraction of sp³-hybridized carbons (Fsp3) is 0.600. The minimum absolute atomic E-state index is 0.275. The van der Waals surface area contributed by atoms with Crippen molar-refractivity contribution in [3.8, 4) is 0 Å². The van der Waals surface area contributed by atoms with Crippen molar-refractivity contribution in [3.05, 3.63) is 6.20 Å². The van der Waals surface area contributed by atoms with Gasteiger partial charge in [0.1, 0.15) is 11.0 Å². The summed E-state index contributed by atoms with van der Waals surface area (Å²) in [6.45, 7) is 4.10. The van der Waals surface area contributed by atoms with Gasteiger partial charge in [0.05, 0.1) is 13.3 Å². The van der Waals surface area contributed by atoms with E-state index in [-0.39, 0.29) is 12.0 Å². The quantitative estimate of drug-likeness (QED) is 0.770. The van der Waals surface area contributed by atoms with Crippen LogP contribution in [0.1, 0.15) is 20.3 Å². The Hall–Kier alpha value is -1.30. The first-order chi connectivity index (χ1) is 7.52. The zero-order chi connectivity index (χ0) is 12.1. The summed E-state index contributed by atoms with van der Waals surface area (Å²) >= 11 is 1.32. The van der Waals surface area contributed by atoms with Crippen LogP contribution >= 0.6 is 11.3 Å². The average Bonchev–Trinajstić information content (AvgIpc) is 2.61. The summed E-state index contributed by atoms with van der Waals surface area (Å²) < 4.78 is 4.74. The lowest BCUT2D eigenvalue weighted by molar-refractivity contribution is -0.141. The Morgan fingerprint density at radius 1 is 1.69 bits per heavy atom. The molecule has 0 amide bonds. The Balaban J connectivity index is 2.66. The van der Waals surface area contributed by atoms with Gasteiger partial charge in [0, 0.05) is 0 Å². The monoisotopic (exact) mass is 243 g/mol. The van der Waals surface area contributed by atoms with E-state index in [4.69, 9.17) is 10.5 Å². The van der Waals surface area contributed by atoms with Gasteiger partial charge in [-0.1, -0.05) is 25.2 Å². The molecule has 0 spiro atoms. The number of aromatic nitrogens is 1. The van der Waals surface area contributed by atoms with Crippen molar-refractivity contribution in [1.82, 2.24) is 4.98 Å². The summed E-state index contributed by atoms with van der Waals surface area (Å²) in [6, 6.07) is -0.365. The number of thiazole rings is 1. The van der Waals surface area contributed by atoms with E-state index in [0.29, 0.717) is 22.5 Å². The van der Waals surface area contributed by atoms with Gasteiger partial charge in [0.25, 0.3) is 0 Å². The molecule has 1 rings (SSSR count). The van der Waals surface area contributed by atoms with Crippen LogP contribution in [0, 0.1) is 5.92 Å². The van der Waals surface area contributed by atoms with Crippen molar-refractivity contribution in [2.45, 2.75) is 26.3 Å². The molecule has 0 saturated heterocycles. The third-order valence-electron chi connectivity index (χ3n) is 2.01. The van der Waals surface area contributed by atoms with Gasteiger partial charge in [0.15, 0.2) is 5.13 Å². The first-order valence-corrected chi connectivity index (χ1v) is 5.90. The molecule has 0 aliphatic heterocycles. The molecule has 0 aliphatic carbocycles. The molecule has 1 aromatic heterocycles. The molecule has 1 unspecified atom stereocenters. The van der Waals surface area contributed by atoms with Gasteiger partial charge in [-0.15, -0.1) is 0 Å². The molecule has 5 nitrogen and oxygen atoms in total. The standard InChI is InChI=1S/C10H17N3O2S/c1-6(2)4-7(9(14)15-3)13-10-12-5-8(11)16-10/h5-7H,4,11H2,1-3H3,(H,12,13). The molecule has 1 heterocycles. The number of methoxy groups -OCH3 is 1. The van der Waals surface area contributed by atoms with Crippen LogP contribution in [0.5, 0.6) is 0 Å². The molecule has 0 bridgehead atoms. The highest BCUT2D eigenvalue weighted by Gasteiger charge is 2.21. The van der Waals surface area contributed by atoms with E-state index in [2.05, 4.69) is 10.3 Å². The van der Waals surface area contributed by atoms with E-state index >= 15 is 0 Å². The topological polar surface area (TPSA) is 77.2 Å². The zero-order valence-corrected chi connectivity index (χ0v) is 10.5. The maximum Gasteiger partial charge on any atom is 0.328 e. The van der Waals surface area contributed by atoms with E-state index in [1.807, 2.05) is 13.8 Å². The minimum Gasteiger partial charge on any atom is -0.467 e. The van der Waals surface area contributed by atoms with Crippen molar-refractivity contribution in [1.29, 1.82) is 0 Å². The van der Waals surface area contributed by atoms with E-state index in [9.17, 15) is 4.79 Å². The van der Waals surface area contributed by atoms with Gasteiger partial charge in [-0.25, -0.2) is 9.78 Å². The van der Waals surface area contributed by atoms with E-state index < -0.39 is 0 Å². The molecular weight excluding hydrogens is 226 g/mol. The predicted molar refractivity (Wildman–Crippen MR) is 65.4 cm³/mol.